The summed E-state index contributed by atoms with van der Waals surface area (Å²) in [5, 5.41) is 2.96. The van der Waals surface area contributed by atoms with Gasteiger partial charge in [-0.15, -0.1) is 0 Å². The Morgan fingerprint density at radius 1 is 1.25 bits per heavy atom. The molecule has 3 aromatic heterocycles. The zero-order valence-electron chi connectivity index (χ0n) is 13.5. The van der Waals surface area contributed by atoms with Crippen LogP contribution in [0.2, 0.25) is 0 Å². The number of fused-ring (bicyclic) bond motifs is 1. The molecule has 7 heteroatoms. The predicted octanol–water partition coefficient (Wildman–Crippen LogP) is 3.51. The van der Waals surface area contributed by atoms with Crippen LogP contribution in [-0.4, -0.2) is 26.6 Å². The molecule has 0 radical (unpaired) electrons. The minimum atomic E-state index is -2.69. The van der Waals surface area contributed by atoms with Gasteiger partial charge in [0.25, 0.3) is 6.43 Å². The lowest BCUT2D eigenvalue weighted by Crippen LogP contribution is -2.39. The van der Waals surface area contributed by atoms with Crippen molar-refractivity contribution in [3.63, 3.8) is 0 Å². The predicted molar refractivity (Wildman–Crippen MR) is 90.6 cm³/mol. The second-order valence-electron chi connectivity index (χ2n) is 6.34. The number of aromatic nitrogens is 3. The van der Waals surface area contributed by atoms with E-state index in [9.17, 15) is 8.78 Å². The van der Waals surface area contributed by atoms with Gasteiger partial charge in [0.2, 0.25) is 0 Å². The van der Waals surface area contributed by atoms with E-state index in [4.69, 9.17) is 5.73 Å². The fourth-order valence-electron chi connectivity index (χ4n) is 2.40. The average molecular weight is 331 g/mol. The Labute approximate surface area is 138 Å². The first kappa shape index (κ1) is 16.3. The third kappa shape index (κ3) is 3.35. The van der Waals surface area contributed by atoms with E-state index in [1.54, 1.807) is 35.2 Å². The van der Waals surface area contributed by atoms with Crippen molar-refractivity contribution in [2.75, 3.05) is 11.9 Å². The van der Waals surface area contributed by atoms with Gasteiger partial charge in [0.05, 0.1) is 16.7 Å². The summed E-state index contributed by atoms with van der Waals surface area (Å²) in [6, 6.07) is 8.80. The van der Waals surface area contributed by atoms with Gasteiger partial charge in [-0.3, -0.25) is 9.55 Å². The van der Waals surface area contributed by atoms with Crippen molar-refractivity contribution >= 4 is 16.7 Å². The van der Waals surface area contributed by atoms with E-state index in [2.05, 4.69) is 15.3 Å². The van der Waals surface area contributed by atoms with Gasteiger partial charge in [0.15, 0.2) is 0 Å². The molecule has 0 saturated heterocycles. The molecule has 126 valence electrons. The molecule has 0 bridgehead atoms. The van der Waals surface area contributed by atoms with Gasteiger partial charge in [-0.05, 0) is 44.2 Å². The van der Waals surface area contributed by atoms with Crippen LogP contribution in [0.4, 0.5) is 14.5 Å². The number of hydrogen-bond acceptors (Lipinski definition) is 4. The zero-order valence-corrected chi connectivity index (χ0v) is 13.5. The van der Waals surface area contributed by atoms with Gasteiger partial charge in [-0.1, -0.05) is 0 Å². The molecular weight excluding hydrogens is 312 g/mol. The molecule has 0 aliphatic rings. The van der Waals surface area contributed by atoms with Crippen LogP contribution in [0.15, 0.2) is 42.7 Å². The molecule has 0 aliphatic carbocycles. The highest BCUT2D eigenvalue weighted by molar-refractivity contribution is 5.77. The molecule has 0 unspecified atom stereocenters. The lowest BCUT2D eigenvalue weighted by Gasteiger charge is -2.21. The Morgan fingerprint density at radius 2 is 2.04 bits per heavy atom. The normalized spacial score (nSPS) is 12.1. The lowest BCUT2D eigenvalue weighted by molar-refractivity contribution is 0.147. The average Bonchev–Trinajstić information content (AvgIpc) is 2.96. The van der Waals surface area contributed by atoms with Crippen molar-refractivity contribution in [1.82, 2.24) is 14.5 Å². The number of nitrogens with zero attached hydrogens (tertiary/aromatic N) is 3. The van der Waals surface area contributed by atoms with Crippen LogP contribution >= 0.6 is 0 Å². The third-order valence-corrected chi connectivity index (χ3v) is 3.56. The summed E-state index contributed by atoms with van der Waals surface area (Å²) in [7, 11) is 0. The summed E-state index contributed by atoms with van der Waals surface area (Å²) in [6.45, 7) is 4.01. The van der Waals surface area contributed by atoms with E-state index in [0.29, 0.717) is 18.1 Å². The van der Waals surface area contributed by atoms with Crippen molar-refractivity contribution in [3.8, 4) is 5.82 Å². The molecule has 5 nitrogen and oxygen atoms in total. The van der Waals surface area contributed by atoms with E-state index < -0.39 is 12.0 Å². The monoisotopic (exact) mass is 331 g/mol. The maximum atomic E-state index is 13.4. The standard InChI is InChI=1S/C17H19F2N5/c1-17(2,20)10-22-12-5-6-14(23-15(12)16(18)19)24-9-7-11-13(24)4-3-8-21-11/h3-9,16,22H,10,20H2,1-2H3. The van der Waals surface area contributed by atoms with E-state index in [1.165, 1.54) is 0 Å². The molecule has 0 aliphatic heterocycles. The zero-order chi connectivity index (χ0) is 17.3. The molecule has 0 atom stereocenters. The number of nitrogens with one attached hydrogen (secondary N) is 1. The quantitative estimate of drug-likeness (QED) is 0.751. The fraction of sp³-hybridized carbons (Fsp3) is 0.294. The van der Waals surface area contributed by atoms with Crippen LogP contribution < -0.4 is 11.1 Å². The second-order valence-corrected chi connectivity index (χ2v) is 6.34. The van der Waals surface area contributed by atoms with E-state index in [-0.39, 0.29) is 5.69 Å². The summed E-state index contributed by atoms with van der Waals surface area (Å²) in [5.74, 6) is 0.422. The number of alkyl halides is 2. The molecular formula is C17H19F2N5. The summed E-state index contributed by atoms with van der Waals surface area (Å²) in [4.78, 5) is 8.38. The number of nitrogens with two attached hydrogens (primary N) is 1. The van der Waals surface area contributed by atoms with Gasteiger partial charge < -0.3 is 11.1 Å². The van der Waals surface area contributed by atoms with Gasteiger partial charge in [-0.25, -0.2) is 13.8 Å². The molecule has 0 aromatic carbocycles. The molecule has 3 rings (SSSR count). The molecule has 3 aromatic rings. The topological polar surface area (TPSA) is 68.8 Å². The summed E-state index contributed by atoms with van der Waals surface area (Å²) < 4.78 is 28.6. The fourth-order valence-corrected chi connectivity index (χ4v) is 2.40. The Morgan fingerprint density at radius 3 is 2.75 bits per heavy atom. The first-order chi connectivity index (χ1) is 11.3. The Balaban J connectivity index is 2.00. The summed E-state index contributed by atoms with van der Waals surface area (Å²) in [6.07, 6.45) is 0.769. The number of anilines is 1. The smallest absolute Gasteiger partial charge is 0.282 e. The molecule has 3 N–H and O–H groups in total. The maximum absolute atomic E-state index is 13.4. The molecule has 0 fully saturated rings. The van der Waals surface area contributed by atoms with Gasteiger partial charge in [-0.2, -0.15) is 0 Å². The molecule has 3 heterocycles. The van der Waals surface area contributed by atoms with Crippen LogP contribution in [0.5, 0.6) is 0 Å². The van der Waals surface area contributed by atoms with Crippen molar-refractivity contribution in [2.24, 2.45) is 5.73 Å². The first-order valence-electron chi connectivity index (χ1n) is 7.59. The molecule has 0 saturated carbocycles. The minimum Gasteiger partial charge on any atom is -0.382 e. The van der Waals surface area contributed by atoms with Crippen molar-refractivity contribution < 1.29 is 8.78 Å². The largest absolute Gasteiger partial charge is 0.382 e. The number of halogens is 2. The second kappa shape index (κ2) is 6.16. The van der Waals surface area contributed by atoms with E-state index in [1.807, 2.05) is 26.0 Å². The highest BCUT2D eigenvalue weighted by atomic mass is 19.3. The van der Waals surface area contributed by atoms with Gasteiger partial charge in [0.1, 0.15) is 11.5 Å². The molecule has 24 heavy (non-hydrogen) atoms. The van der Waals surface area contributed by atoms with Crippen molar-refractivity contribution in [1.29, 1.82) is 0 Å². The SMILES string of the molecule is CC(C)(N)CNc1ccc(-n2ccc3ncccc32)nc1C(F)F. The number of pyridine rings is 2. The van der Waals surface area contributed by atoms with Crippen LogP contribution in [0.1, 0.15) is 26.0 Å². The summed E-state index contributed by atoms with van der Waals surface area (Å²) in [5.41, 5.74) is 6.98. The number of rotatable bonds is 5. The van der Waals surface area contributed by atoms with Crippen LogP contribution in [0.25, 0.3) is 16.9 Å². The van der Waals surface area contributed by atoms with Gasteiger partial charge >= 0.3 is 0 Å². The van der Waals surface area contributed by atoms with E-state index in [0.717, 1.165) is 11.0 Å². The van der Waals surface area contributed by atoms with Crippen molar-refractivity contribution in [3.05, 3.63) is 48.4 Å². The maximum Gasteiger partial charge on any atom is 0.282 e. The first-order valence-corrected chi connectivity index (χ1v) is 7.59. The minimum absolute atomic E-state index is 0.289. The van der Waals surface area contributed by atoms with Crippen LogP contribution in [0, 0.1) is 0 Å². The van der Waals surface area contributed by atoms with Crippen LogP contribution in [0.3, 0.4) is 0 Å². The Kier molecular flexibility index (Phi) is 4.19. The van der Waals surface area contributed by atoms with Gasteiger partial charge in [0, 0.05) is 24.5 Å². The third-order valence-electron chi connectivity index (χ3n) is 3.56. The lowest BCUT2D eigenvalue weighted by atomic mass is 10.1. The summed E-state index contributed by atoms with van der Waals surface area (Å²) >= 11 is 0. The van der Waals surface area contributed by atoms with E-state index >= 15 is 0 Å². The highest BCUT2D eigenvalue weighted by Gasteiger charge is 2.19. The van der Waals surface area contributed by atoms with Crippen molar-refractivity contribution in [2.45, 2.75) is 25.8 Å². The Hall–Kier alpha value is -2.54. The molecule has 0 spiro atoms. The molecule has 0 amide bonds. The highest BCUT2D eigenvalue weighted by Crippen LogP contribution is 2.28. The van der Waals surface area contributed by atoms with Crippen LogP contribution in [-0.2, 0) is 0 Å². The Bertz CT molecular complexity index is 852. The number of hydrogen-bond donors (Lipinski definition) is 2.